The van der Waals surface area contributed by atoms with Gasteiger partial charge in [-0.25, -0.2) is 15.8 Å². The van der Waals surface area contributed by atoms with Gasteiger partial charge in [0, 0.05) is 12.6 Å². The first-order valence-electron chi connectivity index (χ1n) is 5.15. The molecule has 0 spiro atoms. The zero-order chi connectivity index (χ0) is 12.3. The summed E-state index contributed by atoms with van der Waals surface area (Å²) in [5.74, 6) is 6.79. The number of nitrogens with one attached hydrogen (secondary N) is 1. The van der Waals surface area contributed by atoms with Gasteiger partial charge in [0.15, 0.2) is 5.82 Å². The number of nitrogen functional groups attached to an aromatic ring is 1. The molecule has 1 aromatic heterocycles. The van der Waals surface area contributed by atoms with Crippen molar-refractivity contribution in [2.75, 3.05) is 17.4 Å². The van der Waals surface area contributed by atoms with Crippen LogP contribution in [0.3, 0.4) is 0 Å². The normalized spacial score (nSPS) is 11.4. The second-order valence-electron chi connectivity index (χ2n) is 4.23. The Bertz CT molecular complexity index is 366. The number of nitrogens with zero attached hydrogens (tertiary/aromatic N) is 3. The lowest BCUT2D eigenvalue weighted by atomic mass is 10.0. The Hall–Kier alpha value is -0.880. The van der Waals surface area contributed by atoms with Crippen LogP contribution in [0.2, 0.25) is 0 Å². The van der Waals surface area contributed by atoms with Crippen molar-refractivity contribution in [2.24, 2.45) is 5.84 Å². The lowest BCUT2D eigenvalue weighted by Gasteiger charge is -2.36. The molecule has 90 valence electrons. The molecule has 6 heteroatoms. The highest BCUT2D eigenvalue weighted by molar-refractivity contribution is 9.10. The summed E-state index contributed by atoms with van der Waals surface area (Å²) in [5.41, 5.74) is 2.57. The number of hydrogen-bond donors (Lipinski definition) is 2. The van der Waals surface area contributed by atoms with E-state index in [-0.39, 0.29) is 5.54 Å². The van der Waals surface area contributed by atoms with Gasteiger partial charge >= 0.3 is 0 Å². The van der Waals surface area contributed by atoms with Crippen molar-refractivity contribution in [3.05, 3.63) is 10.8 Å². The third-order valence-corrected chi connectivity index (χ3v) is 3.73. The maximum atomic E-state index is 5.37. The van der Waals surface area contributed by atoms with E-state index in [4.69, 9.17) is 5.84 Å². The molecular weight excluding hydrogens is 270 g/mol. The minimum atomic E-state index is 0.0305. The van der Waals surface area contributed by atoms with Gasteiger partial charge < -0.3 is 10.3 Å². The van der Waals surface area contributed by atoms with Crippen molar-refractivity contribution in [1.82, 2.24) is 9.97 Å². The van der Waals surface area contributed by atoms with Crippen LogP contribution >= 0.6 is 15.9 Å². The van der Waals surface area contributed by atoms with Crippen molar-refractivity contribution in [3.63, 3.8) is 0 Å². The third kappa shape index (κ3) is 2.44. The van der Waals surface area contributed by atoms with E-state index in [9.17, 15) is 0 Å². The number of rotatable bonds is 4. The van der Waals surface area contributed by atoms with Crippen LogP contribution in [0.25, 0.3) is 0 Å². The summed E-state index contributed by atoms with van der Waals surface area (Å²) in [6.45, 7) is 6.47. The van der Waals surface area contributed by atoms with Crippen LogP contribution in [-0.4, -0.2) is 22.6 Å². The topological polar surface area (TPSA) is 67.1 Å². The standard InChI is InChI=1S/C10H18BrN5/c1-5-10(2,3)16(4)9-7(11)8(15-12)13-6-14-9/h6H,5,12H2,1-4H3,(H,13,14,15). The Morgan fingerprint density at radius 2 is 2.12 bits per heavy atom. The molecule has 0 atom stereocenters. The number of nitrogens with two attached hydrogens (primary N) is 1. The van der Waals surface area contributed by atoms with Crippen LogP contribution < -0.4 is 16.2 Å². The molecule has 0 aliphatic heterocycles. The lowest BCUT2D eigenvalue weighted by Crippen LogP contribution is -2.41. The fraction of sp³-hybridized carbons (Fsp3) is 0.600. The first kappa shape index (κ1) is 13.2. The van der Waals surface area contributed by atoms with Gasteiger partial charge in [-0.2, -0.15) is 0 Å². The van der Waals surface area contributed by atoms with Gasteiger partial charge in [-0.05, 0) is 36.2 Å². The first-order valence-corrected chi connectivity index (χ1v) is 5.94. The van der Waals surface area contributed by atoms with E-state index in [1.54, 1.807) is 0 Å². The van der Waals surface area contributed by atoms with Gasteiger partial charge in [0.2, 0.25) is 0 Å². The van der Waals surface area contributed by atoms with Crippen molar-refractivity contribution < 1.29 is 0 Å². The predicted molar refractivity (Wildman–Crippen MR) is 70.3 cm³/mol. The maximum Gasteiger partial charge on any atom is 0.159 e. The molecule has 3 N–H and O–H groups in total. The molecule has 0 saturated heterocycles. The van der Waals surface area contributed by atoms with Crippen LogP contribution in [0.1, 0.15) is 27.2 Å². The van der Waals surface area contributed by atoms with Gasteiger partial charge in [0.1, 0.15) is 16.6 Å². The SMILES string of the molecule is CCC(C)(C)N(C)c1ncnc(NN)c1Br. The monoisotopic (exact) mass is 287 g/mol. The Labute approximate surface area is 105 Å². The maximum absolute atomic E-state index is 5.37. The summed E-state index contributed by atoms with van der Waals surface area (Å²) in [7, 11) is 2.01. The van der Waals surface area contributed by atoms with Crippen molar-refractivity contribution >= 4 is 27.6 Å². The highest BCUT2D eigenvalue weighted by Crippen LogP contribution is 2.32. The second kappa shape index (κ2) is 4.97. The van der Waals surface area contributed by atoms with Crippen LogP contribution in [0, 0.1) is 0 Å². The Morgan fingerprint density at radius 3 is 2.62 bits per heavy atom. The molecule has 0 unspecified atom stereocenters. The van der Waals surface area contributed by atoms with Crippen LogP contribution in [0.15, 0.2) is 10.8 Å². The van der Waals surface area contributed by atoms with Gasteiger partial charge in [0.25, 0.3) is 0 Å². The molecule has 1 heterocycles. The zero-order valence-corrected chi connectivity index (χ0v) is 11.7. The highest BCUT2D eigenvalue weighted by atomic mass is 79.9. The van der Waals surface area contributed by atoms with E-state index >= 15 is 0 Å². The van der Waals surface area contributed by atoms with Crippen LogP contribution in [-0.2, 0) is 0 Å². The smallest absolute Gasteiger partial charge is 0.159 e. The Balaban J connectivity index is 3.14. The molecule has 16 heavy (non-hydrogen) atoms. The van der Waals surface area contributed by atoms with Gasteiger partial charge in [-0.15, -0.1) is 0 Å². The molecule has 0 aliphatic carbocycles. The molecule has 0 radical (unpaired) electrons. The van der Waals surface area contributed by atoms with Gasteiger partial charge in [-0.1, -0.05) is 6.92 Å². The van der Waals surface area contributed by atoms with Crippen molar-refractivity contribution in [2.45, 2.75) is 32.7 Å². The Morgan fingerprint density at radius 1 is 1.50 bits per heavy atom. The number of halogens is 1. The molecular formula is C10H18BrN5. The van der Waals surface area contributed by atoms with E-state index in [1.807, 2.05) is 7.05 Å². The molecule has 0 bridgehead atoms. The molecule has 0 amide bonds. The number of hydrogen-bond acceptors (Lipinski definition) is 5. The molecule has 0 saturated carbocycles. The number of hydrazine groups is 1. The fourth-order valence-corrected chi connectivity index (χ4v) is 1.80. The minimum Gasteiger partial charge on any atom is -0.353 e. The summed E-state index contributed by atoms with van der Waals surface area (Å²) < 4.78 is 0.779. The quantitative estimate of drug-likeness (QED) is 0.656. The largest absolute Gasteiger partial charge is 0.353 e. The predicted octanol–water partition coefficient (Wildman–Crippen LogP) is 2.15. The van der Waals surface area contributed by atoms with E-state index in [1.165, 1.54) is 6.33 Å². The minimum absolute atomic E-state index is 0.0305. The molecule has 0 aliphatic rings. The average Bonchev–Trinajstić information content (AvgIpc) is 2.28. The van der Waals surface area contributed by atoms with E-state index in [2.05, 4.69) is 57.0 Å². The molecule has 1 rings (SSSR count). The van der Waals surface area contributed by atoms with Crippen molar-refractivity contribution in [1.29, 1.82) is 0 Å². The summed E-state index contributed by atoms with van der Waals surface area (Å²) in [6.07, 6.45) is 2.52. The van der Waals surface area contributed by atoms with Crippen LogP contribution in [0.4, 0.5) is 11.6 Å². The zero-order valence-electron chi connectivity index (χ0n) is 10.1. The van der Waals surface area contributed by atoms with Crippen LogP contribution in [0.5, 0.6) is 0 Å². The van der Waals surface area contributed by atoms with Gasteiger partial charge in [0.05, 0.1) is 0 Å². The van der Waals surface area contributed by atoms with Gasteiger partial charge in [-0.3, -0.25) is 0 Å². The first-order chi connectivity index (χ1) is 7.44. The fourth-order valence-electron chi connectivity index (χ4n) is 1.22. The summed E-state index contributed by atoms with van der Waals surface area (Å²) in [4.78, 5) is 10.4. The average molecular weight is 288 g/mol. The Kier molecular flexibility index (Phi) is 4.09. The lowest BCUT2D eigenvalue weighted by molar-refractivity contribution is 0.466. The molecule has 1 aromatic rings. The summed E-state index contributed by atoms with van der Waals surface area (Å²) in [5, 5.41) is 0. The van der Waals surface area contributed by atoms with Crippen molar-refractivity contribution in [3.8, 4) is 0 Å². The van der Waals surface area contributed by atoms with E-state index < -0.39 is 0 Å². The summed E-state index contributed by atoms with van der Waals surface area (Å²) >= 11 is 3.45. The molecule has 0 aromatic carbocycles. The molecule has 0 fully saturated rings. The second-order valence-corrected chi connectivity index (χ2v) is 5.02. The number of aromatic nitrogens is 2. The van der Waals surface area contributed by atoms with E-state index in [0.717, 1.165) is 16.7 Å². The summed E-state index contributed by atoms with van der Waals surface area (Å²) in [6, 6.07) is 0. The third-order valence-electron chi connectivity index (χ3n) is 3.00. The highest BCUT2D eigenvalue weighted by Gasteiger charge is 2.25. The number of anilines is 2. The molecule has 5 nitrogen and oxygen atoms in total. The van der Waals surface area contributed by atoms with E-state index in [0.29, 0.717) is 5.82 Å².